The zero-order chi connectivity index (χ0) is 27.7. The normalized spacial score (nSPS) is 24.2. The Labute approximate surface area is 224 Å². The van der Waals surface area contributed by atoms with Crippen LogP contribution in [-0.4, -0.2) is 97.3 Å². The van der Waals surface area contributed by atoms with Gasteiger partial charge in [-0.2, -0.15) is 0 Å². The first-order chi connectivity index (χ1) is 17.5. The molecule has 0 aliphatic carbocycles. The quantitative estimate of drug-likeness (QED) is 0.329. The molecule has 0 aromatic heterocycles. The number of aliphatic imine (C=N–C) groups is 2. The minimum atomic E-state index is -1.08. The molecule has 9 nitrogen and oxygen atoms in total. The van der Waals surface area contributed by atoms with Gasteiger partial charge in [-0.15, -0.1) is 0 Å². The van der Waals surface area contributed by atoms with Crippen LogP contribution in [0.3, 0.4) is 0 Å². The molecule has 11 heteroatoms. The number of thioether (sulfide) groups is 1. The van der Waals surface area contributed by atoms with Crippen molar-refractivity contribution < 1.29 is 18.7 Å². The van der Waals surface area contributed by atoms with E-state index in [0.29, 0.717) is 23.6 Å². The van der Waals surface area contributed by atoms with Crippen LogP contribution in [0.2, 0.25) is 0 Å². The smallest absolute Gasteiger partial charge is 0.255 e. The van der Waals surface area contributed by atoms with E-state index in [4.69, 9.17) is 15.5 Å². The molecule has 0 radical (unpaired) electrons. The van der Waals surface area contributed by atoms with Crippen molar-refractivity contribution in [3.05, 3.63) is 22.6 Å². The van der Waals surface area contributed by atoms with Gasteiger partial charge in [0.25, 0.3) is 5.91 Å². The van der Waals surface area contributed by atoms with E-state index < -0.39 is 18.2 Å². The van der Waals surface area contributed by atoms with Gasteiger partial charge in [-0.25, -0.2) is 4.39 Å². The van der Waals surface area contributed by atoms with E-state index in [-0.39, 0.29) is 29.5 Å². The molecule has 0 fully saturated rings. The Hall–Kier alpha value is -2.24. The third kappa shape index (κ3) is 8.93. The summed E-state index contributed by atoms with van der Waals surface area (Å²) >= 11 is 1.36. The molecule has 0 saturated carbocycles. The van der Waals surface area contributed by atoms with Gasteiger partial charge in [0.2, 0.25) is 5.91 Å². The van der Waals surface area contributed by atoms with E-state index in [1.165, 1.54) is 17.8 Å². The lowest BCUT2D eigenvalue weighted by atomic mass is 9.95. The summed E-state index contributed by atoms with van der Waals surface area (Å²) in [7, 11) is 3.51. The maximum Gasteiger partial charge on any atom is 0.255 e. The van der Waals surface area contributed by atoms with Crippen LogP contribution in [0.25, 0.3) is 0 Å². The van der Waals surface area contributed by atoms with Gasteiger partial charge in [0, 0.05) is 20.6 Å². The highest BCUT2D eigenvalue weighted by Gasteiger charge is 2.42. The van der Waals surface area contributed by atoms with Crippen molar-refractivity contribution >= 4 is 35.6 Å². The Morgan fingerprint density at radius 3 is 2.65 bits per heavy atom. The highest BCUT2D eigenvalue weighted by atomic mass is 32.2. The van der Waals surface area contributed by atoms with Crippen molar-refractivity contribution in [3.63, 3.8) is 0 Å². The van der Waals surface area contributed by atoms with Crippen LogP contribution in [0.4, 0.5) is 4.39 Å². The van der Waals surface area contributed by atoms with Crippen LogP contribution >= 0.6 is 11.8 Å². The number of primary amides is 1. The maximum absolute atomic E-state index is 14.1. The monoisotopic (exact) mass is 538 g/mol. The minimum absolute atomic E-state index is 0.0655. The van der Waals surface area contributed by atoms with Gasteiger partial charge in [-0.1, -0.05) is 25.6 Å². The second kappa shape index (κ2) is 14.6. The minimum Gasteiger partial charge on any atom is -0.369 e. The van der Waals surface area contributed by atoms with Crippen molar-refractivity contribution in [2.45, 2.75) is 77.4 Å². The molecule has 208 valence electrons. The lowest BCUT2D eigenvalue weighted by Gasteiger charge is -2.30. The first-order valence-electron chi connectivity index (χ1n) is 12.9. The number of hydrogen-bond acceptors (Lipinski definition) is 8. The first kappa shape index (κ1) is 31.0. The number of likely N-dealkylation sites (N-methyl/N-ethyl adjacent to an activating group) is 2. The molecule has 0 bridgehead atoms. The topological polar surface area (TPSA) is 113 Å². The van der Waals surface area contributed by atoms with Gasteiger partial charge in [-0.3, -0.25) is 24.5 Å². The molecule has 0 aromatic carbocycles. The van der Waals surface area contributed by atoms with Gasteiger partial charge >= 0.3 is 0 Å². The second-order valence-corrected chi connectivity index (χ2v) is 10.8. The highest BCUT2D eigenvalue weighted by Crippen LogP contribution is 2.45. The van der Waals surface area contributed by atoms with Crippen molar-refractivity contribution in [2.24, 2.45) is 21.6 Å². The molecule has 0 saturated heterocycles. The molecule has 0 spiro atoms. The maximum atomic E-state index is 14.1. The van der Waals surface area contributed by atoms with Gasteiger partial charge < -0.3 is 20.7 Å². The number of amides is 2. The van der Waals surface area contributed by atoms with Gasteiger partial charge in [-0.05, 0) is 57.9 Å². The zero-order valence-corrected chi connectivity index (χ0v) is 23.9. The number of ether oxygens (including phenoxy) is 1. The molecule has 2 aliphatic rings. The Balaban J connectivity index is 2.16. The predicted octanol–water partition coefficient (Wildman–Crippen LogP) is 2.73. The summed E-state index contributed by atoms with van der Waals surface area (Å²) in [5.41, 5.74) is 7.03. The third-order valence-corrected chi connectivity index (χ3v) is 8.01. The number of nitrogens with one attached hydrogen (secondary N) is 1. The second-order valence-electron chi connectivity index (χ2n) is 9.67. The standard InChI is InChI=1S/C26H43FN6O3S/c1-8-19(27)10-11-20(18(5)36-16(3)12-13-33(9-2)14-21(34)32(6)7)31-25-22-17(4)23(24(28)35)37-26(22)30-15-29-25/h10-11,15-16,18-19,22,25-26H,8-9,12-14H2,1-7H3,(H2,28,35)(H,29,30)/b11-10-,31-20?. The molecule has 2 aliphatic heterocycles. The summed E-state index contributed by atoms with van der Waals surface area (Å²) in [6, 6.07) is 0. The average molecular weight is 539 g/mol. The molecule has 6 atom stereocenters. The average Bonchev–Trinajstić information content (AvgIpc) is 3.21. The highest BCUT2D eigenvalue weighted by molar-refractivity contribution is 8.04. The number of allylic oxidation sites excluding steroid dienone is 1. The van der Waals surface area contributed by atoms with Crippen molar-refractivity contribution in [3.8, 4) is 0 Å². The van der Waals surface area contributed by atoms with Gasteiger partial charge in [0.05, 0.1) is 41.6 Å². The van der Waals surface area contributed by atoms with Crippen LogP contribution in [0.15, 0.2) is 32.6 Å². The summed E-state index contributed by atoms with van der Waals surface area (Å²) < 4.78 is 20.4. The molecular weight excluding hydrogens is 495 g/mol. The van der Waals surface area contributed by atoms with E-state index in [0.717, 1.165) is 25.1 Å². The number of rotatable bonds is 14. The third-order valence-electron chi connectivity index (χ3n) is 6.60. The fraction of sp³-hybridized carbons (Fsp3) is 0.692. The zero-order valence-electron chi connectivity index (χ0n) is 23.1. The van der Waals surface area contributed by atoms with Crippen LogP contribution < -0.4 is 11.1 Å². The SMILES string of the molecule is CCC(F)/C=C\C(=NC1NC=NC2SC(C(N)=O)=C(C)C12)C(C)OC(C)CCN(CC)CC(=O)N(C)C. The Kier molecular flexibility index (Phi) is 12.3. The van der Waals surface area contributed by atoms with Crippen LogP contribution in [0.1, 0.15) is 47.5 Å². The molecule has 37 heavy (non-hydrogen) atoms. The van der Waals surface area contributed by atoms with E-state index in [1.807, 2.05) is 27.7 Å². The van der Waals surface area contributed by atoms with Crippen molar-refractivity contribution in [1.29, 1.82) is 0 Å². The summed E-state index contributed by atoms with van der Waals surface area (Å²) in [5, 5.41) is 3.00. The number of nitrogens with zero attached hydrogens (tertiary/aromatic N) is 4. The number of alkyl halides is 1. The lowest BCUT2D eigenvalue weighted by Crippen LogP contribution is -2.43. The van der Waals surface area contributed by atoms with Crippen LogP contribution in [-0.2, 0) is 14.3 Å². The summed E-state index contributed by atoms with van der Waals surface area (Å²) in [5.74, 6) is -0.543. The van der Waals surface area contributed by atoms with Crippen molar-refractivity contribution in [2.75, 3.05) is 33.7 Å². The molecular formula is C26H43FN6O3S. The Morgan fingerprint density at radius 2 is 2.05 bits per heavy atom. The van der Waals surface area contributed by atoms with Crippen LogP contribution in [0.5, 0.6) is 0 Å². The number of carbonyl (C=O) groups excluding carboxylic acids is 2. The van der Waals surface area contributed by atoms with E-state index in [9.17, 15) is 14.0 Å². The molecule has 3 N–H and O–H groups in total. The van der Waals surface area contributed by atoms with E-state index in [1.54, 1.807) is 38.3 Å². The Bertz CT molecular complexity index is 922. The number of nitrogens with two attached hydrogens (primary N) is 1. The lowest BCUT2D eigenvalue weighted by molar-refractivity contribution is -0.130. The first-order valence-corrected chi connectivity index (χ1v) is 13.8. The largest absolute Gasteiger partial charge is 0.369 e. The van der Waals surface area contributed by atoms with Gasteiger partial charge in [0.15, 0.2) is 0 Å². The summed E-state index contributed by atoms with van der Waals surface area (Å²) in [6.45, 7) is 11.4. The molecule has 2 heterocycles. The molecule has 6 unspecified atom stereocenters. The van der Waals surface area contributed by atoms with E-state index in [2.05, 4.69) is 15.2 Å². The van der Waals surface area contributed by atoms with E-state index >= 15 is 0 Å². The van der Waals surface area contributed by atoms with Crippen LogP contribution in [0, 0.1) is 5.92 Å². The number of hydrogen-bond donors (Lipinski definition) is 2. The molecule has 2 amide bonds. The van der Waals surface area contributed by atoms with Gasteiger partial charge in [0.1, 0.15) is 17.7 Å². The summed E-state index contributed by atoms with van der Waals surface area (Å²) in [6.07, 6.45) is 3.92. The molecule has 0 aromatic rings. The Morgan fingerprint density at radius 1 is 1.35 bits per heavy atom. The number of carbonyl (C=O) groups is 2. The number of fused-ring (bicyclic) bond motifs is 1. The summed E-state index contributed by atoms with van der Waals surface area (Å²) in [4.78, 5) is 37.6. The fourth-order valence-electron chi connectivity index (χ4n) is 4.15. The number of halogens is 1. The molecule has 2 rings (SSSR count). The fourth-order valence-corrected chi connectivity index (χ4v) is 5.45. The predicted molar refractivity (Wildman–Crippen MR) is 149 cm³/mol. The van der Waals surface area contributed by atoms with Crippen molar-refractivity contribution in [1.82, 2.24) is 15.1 Å².